The normalized spacial score (nSPS) is 10.5. The molecule has 0 aliphatic heterocycles. The van der Waals surface area contributed by atoms with E-state index in [-0.39, 0.29) is 30.3 Å². The van der Waals surface area contributed by atoms with Crippen LogP contribution in [0.1, 0.15) is 54.3 Å². The fourth-order valence-corrected chi connectivity index (χ4v) is 1.57. The van der Waals surface area contributed by atoms with Gasteiger partial charge >= 0.3 is 11.9 Å². The van der Waals surface area contributed by atoms with Crippen molar-refractivity contribution in [1.29, 1.82) is 0 Å². The van der Waals surface area contributed by atoms with Crippen LogP contribution in [-0.2, 0) is 9.47 Å². The van der Waals surface area contributed by atoms with Gasteiger partial charge in [0.15, 0.2) is 0 Å². The molecule has 0 spiro atoms. The molecule has 0 saturated carbocycles. The highest BCUT2D eigenvalue weighted by Gasteiger charge is 2.20. The highest BCUT2D eigenvalue weighted by molar-refractivity contribution is 6.03. The SMILES string of the molecule is CCCCOC(=O)c1cc(F)ccc1C(=O)OCC(C)C. The van der Waals surface area contributed by atoms with E-state index in [1.165, 1.54) is 6.07 Å². The van der Waals surface area contributed by atoms with Gasteiger partial charge < -0.3 is 9.47 Å². The van der Waals surface area contributed by atoms with E-state index >= 15 is 0 Å². The van der Waals surface area contributed by atoms with Gasteiger partial charge in [-0.2, -0.15) is 0 Å². The molecule has 0 unspecified atom stereocenters. The third-order valence-corrected chi connectivity index (χ3v) is 2.70. The molecule has 0 radical (unpaired) electrons. The molecule has 0 saturated heterocycles. The Morgan fingerprint density at radius 2 is 1.81 bits per heavy atom. The summed E-state index contributed by atoms with van der Waals surface area (Å²) in [7, 11) is 0. The molecule has 1 rings (SSSR count). The number of hydrogen-bond acceptors (Lipinski definition) is 4. The fourth-order valence-electron chi connectivity index (χ4n) is 1.57. The van der Waals surface area contributed by atoms with E-state index in [4.69, 9.17) is 9.47 Å². The smallest absolute Gasteiger partial charge is 0.339 e. The Labute approximate surface area is 124 Å². The highest BCUT2D eigenvalue weighted by Crippen LogP contribution is 2.15. The molecule has 21 heavy (non-hydrogen) atoms. The lowest BCUT2D eigenvalue weighted by Crippen LogP contribution is -2.16. The summed E-state index contributed by atoms with van der Waals surface area (Å²) in [5.74, 6) is -1.78. The second-order valence-electron chi connectivity index (χ2n) is 5.17. The van der Waals surface area contributed by atoms with Crippen LogP contribution in [0.15, 0.2) is 18.2 Å². The van der Waals surface area contributed by atoms with Crippen LogP contribution in [0.2, 0.25) is 0 Å². The summed E-state index contributed by atoms with van der Waals surface area (Å²) in [6, 6.07) is 3.36. The molecule has 0 amide bonds. The highest BCUT2D eigenvalue weighted by atomic mass is 19.1. The Morgan fingerprint density at radius 3 is 2.43 bits per heavy atom. The minimum absolute atomic E-state index is 0.0264. The predicted molar refractivity (Wildman–Crippen MR) is 76.7 cm³/mol. The number of rotatable bonds is 7. The van der Waals surface area contributed by atoms with Crippen LogP contribution < -0.4 is 0 Å². The molecule has 0 heterocycles. The number of unbranched alkanes of at least 4 members (excludes halogenated alkanes) is 1. The number of ether oxygens (including phenoxy) is 2. The molecule has 5 heteroatoms. The molecule has 0 aliphatic rings. The first-order chi connectivity index (χ1) is 9.95. The van der Waals surface area contributed by atoms with Crippen LogP contribution >= 0.6 is 0 Å². The first kappa shape index (κ1) is 17.1. The minimum atomic E-state index is -0.709. The van der Waals surface area contributed by atoms with Crippen molar-refractivity contribution in [2.24, 2.45) is 5.92 Å². The quantitative estimate of drug-likeness (QED) is 0.570. The van der Waals surface area contributed by atoms with Crippen LogP contribution in [0.4, 0.5) is 4.39 Å². The second-order valence-corrected chi connectivity index (χ2v) is 5.17. The Hall–Kier alpha value is -1.91. The Kier molecular flexibility index (Phi) is 6.85. The van der Waals surface area contributed by atoms with Gasteiger partial charge in [-0.05, 0) is 30.5 Å². The predicted octanol–water partition coefficient (Wildman–Crippen LogP) is 3.60. The third kappa shape index (κ3) is 5.53. The van der Waals surface area contributed by atoms with Crippen molar-refractivity contribution in [3.05, 3.63) is 35.1 Å². The first-order valence-corrected chi connectivity index (χ1v) is 7.09. The van der Waals surface area contributed by atoms with Gasteiger partial charge in [0.25, 0.3) is 0 Å². The maximum atomic E-state index is 13.3. The molecular weight excluding hydrogens is 275 g/mol. The number of carbonyl (C=O) groups excluding carboxylic acids is 2. The zero-order valence-corrected chi connectivity index (χ0v) is 12.6. The number of halogens is 1. The monoisotopic (exact) mass is 296 g/mol. The summed E-state index contributed by atoms with van der Waals surface area (Å²) in [5, 5.41) is 0. The summed E-state index contributed by atoms with van der Waals surface area (Å²) < 4.78 is 23.4. The summed E-state index contributed by atoms with van der Waals surface area (Å²) in [5.41, 5.74) is -0.0709. The van der Waals surface area contributed by atoms with Crippen LogP contribution in [0.25, 0.3) is 0 Å². The van der Waals surface area contributed by atoms with Crippen molar-refractivity contribution in [2.45, 2.75) is 33.6 Å². The lowest BCUT2D eigenvalue weighted by atomic mass is 10.1. The van der Waals surface area contributed by atoms with E-state index < -0.39 is 17.8 Å². The molecule has 1 aromatic rings. The average Bonchev–Trinajstić information content (AvgIpc) is 2.44. The molecule has 1 aromatic carbocycles. The number of hydrogen-bond donors (Lipinski definition) is 0. The summed E-state index contributed by atoms with van der Waals surface area (Å²) in [6.45, 7) is 6.24. The number of esters is 2. The van der Waals surface area contributed by atoms with Gasteiger partial charge in [0.05, 0.1) is 24.3 Å². The fraction of sp³-hybridized carbons (Fsp3) is 0.500. The molecule has 0 aliphatic carbocycles. The topological polar surface area (TPSA) is 52.6 Å². The van der Waals surface area contributed by atoms with Gasteiger partial charge in [0.2, 0.25) is 0 Å². The van der Waals surface area contributed by atoms with Gasteiger partial charge in [-0.25, -0.2) is 14.0 Å². The standard InChI is InChI=1S/C16H21FO4/c1-4-5-8-20-16(19)14-9-12(17)6-7-13(14)15(18)21-10-11(2)3/h6-7,9,11H,4-5,8,10H2,1-3H3. The Morgan fingerprint density at radius 1 is 1.14 bits per heavy atom. The Balaban J connectivity index is 2.88. The van der Waals surface area contributed by atoms with Crippen molar-refractivity contribution >= 4 is 11.9 Å². The second kappa shape index (κ2) is 8.39. The molecule has 0 bridgehead atoms. The lowest BCUT2D eigenvalue weighted by Gasteiger charge is -2.11. The van der Waals surface area contributed by atoms with Gasteiger partial charge in [0, 0.05) is 0 Å². The van der Waals surface area contributed by atoms with Crippen LogP contribution in [-0.4, -0.2) is 25.2 Å². The average molecular weight is 296 g/mol. The van der Waals surface area contributed by atoms with Crippen LogP contribution in [0.5, 0.6) is 0 Å². The van der Waals surface area contributed by atoms with Gasteiger partial charge in [-0.15, -0.1) is 0 Å². The van der Waals surface area contributed by atoms with E-state index in [1.54, 1.807) is 0 Å². The van der Waals surface area contributed by atoms with Crippen LogP contribution in [0.3, 0.4) is 0 Å². The van der Waals surface area contributed by atoms with Crippen molar-refractivity contribution < 1.29 is 23.5 Å². The molecule has 0 atom stereocenters. The minimum Gasteiger partial charge on any atom is -0.462 e. The van der Waals surface area contributed by atoms with E-state index in [2.05, 4.69) is 0 Å². The van der Waals surface area contributed by atoms with E-state index in [0.717, 1.165) is 18.6 Å². The maximum Gasteiger partial charge on any atom is 0.339 e. The number of benzene rings is 1. The third-order valence-electron chi connectivity index (χ3n) is 2.70. The van der Waals surface area contributed by atoms with Crippen molar-refractivity contribution in [2.75, 3.05) is 13.2 Å². The van der Waals surface area contributed by atoms with E-state index in [0.29, 0.717) is 6.42 Å². The molecule has 0 N–H and O–H groups in total. The summed E-state index contributed by atoms with van der Waals surface area (Å²) in [6.07, 6.45) is 1.59. The van der Waals surface area contributed by atoms with Crippen molar-refractivity contribution in [3.8, 4) is 0 Å². The largest absolute Gasteiger partial charge is 0.462 e. The number of carbonyl (C=O) groups is 2. The zero-order chi connectivity index (χ0) is 15.8. The molecule has 0 aromatic heterocycles. The van der Waals surface area contributed by atoms with Crippen LogP contribution in [0, 0.1) is 11.7 Å². The van der Waals surface area contributed by atoms with Gasteiger partial charge in [0.1, 0.15) is 5.82 Å². The first-order valence-electron chi connectivity index (χ1n) is 7.09. The Bertz CT molecular complexity index is 497. The summed E-state index contributed by atoms with van der Waals surface area (Å²) >= 11 is 0. The molecular formula is C16H21FO4. The molecule has 0 fully saturated rings. The zero-order valence-electron chi connectivity index (χ0n) is 12.6. The van der Waals surface area contributed by atoms with Crippen molar-refractivity contribution in [1.82, 2.24) is 0 Å². The maximum absolute atomic E-state index is 13.3. The van der Waals surface area contributed by atoms with Gasteiger partial charge in [-0.1, -0.05) is 27.2 Å². The van der Waals surface area contributed by atoms with Crippen molar-refractivity contribution in [3.63, 3.8) is 0 Å². The van der Waals surface area contributed by atoms with Gasteiger partial charge in [-0.3, -0.25) is 0 Å². The summed E-state index contributed by atoms with van der Waals surface area (Å²) in [4.78, 5) is 23.9. The molecule has 116 valence electrons. The lowest BCUT2D eigenvalue weighted by molar-refractivity contribution is 0.0428. The van der Waals surface area contributed by atoms with E-state index in [1.807, 2.05) is 20.8 Å². The molecule has 4 nitrogen and oxygen atoms in total. The van der Waals surface area contributed by atoms with E-state index in [9.17, 15) is 14.0 Å².